The maximum Gasteiger partial charge on any atom is 0.305 e. The molecule has 6 nitrogen and oxygen atoms in total. The Balaban J connectivity index is 2.62. The summed E-state index contributed by atoms with van der Waals surface area (Å²) in [7, 11) is 0. The van der Waals surface area contributed by atoms with E-state index in [1.54, 1.807) is 4.90 Å². The maximum absolute atomic E-state index is 12.2. The molecule has 0 bridgehead atoms. The number of carboxylic acids is 1. The van der Waals surface area contributed by atoms with Crippen LogP contribution in [-0.4, -0.2) is 46.4 Å². The number of hydrogen-bond donors (Lipinski definition) is 2. The van der Waals surface area contributed by atoms with Crippen LogP contribution in [0.4, 0.5) is 0 Å². The third kappa shape index (κ3) is 4.21. The fraction of sp³-hybridized carbons (Fsp3) is 0.786. The summed E-state index contributed by atoms with van der Waals surface area (Å²) < 4.78 is 0. The third-order valence-electron chi connectivity index (χ3n) is 3.68. The van der Waals surface area contributed by atoms with Crippen LogP contribution < -0.4 is 5.32 Å². The molecule has 1 aliphatic heterocycles. The monoisotopic (exact) mass is 284 g/mol. The van der Waals surface area contributed by atoms with E-state index in [0.717, 1.165) is 0 Å². The van der Waals surface area contributed by atoms with Crippen molar-refractivity contribution in [3.63, 3.8) is 0 Å². The molecule has 2 unspecified atom stereocenters. The number of amides is 2. The lowest BCUT2D eigenvalue weighted by Gasteiger charge is -2.23. The molecular formula is C14H24N2O4. The van der Waals surface area contributed by atoms with Gasteiger partial charge in [0.25, 0.3) is 0 Å². The van der Waals surface area contributed by atoms with Gasteiger partial charge in [-0.15, -0.1) is 0 Å². The van der Waals surface area contributed by atoms with Gasteiger partial charge in [0.15, 0.2) is 0 Å². The van der Waals surface area contributed by atoms with Crippen LogP contribution in [0.2, 0.25) is 0 Å². The molecule has 20 heavy (non-hydrogen) atoms. The van der Waals surface area contributed by atoms with Crippen molar-refractivity contribution >= 4 is 17.8 Å². The minimum Gasteiger partial charge on any atom is -0.481 e. The smallest absolute Gasteiger partial charge is 0.305 e. The van der Waals surface area contributed by atoms with Gasteiger partial charge in [-0.1, -0.05) is 13.8 Å². The van der Waals surface area contributed by atoms with Gasteiger partial charge in [0, 0.05) is 25.0 Å². The number of nitrogens with one attached hydrogen (secondary N) is 1. The van der Waals surface area contributed by atoms with Crippen molar-refractivity contribution in [1.82, 2.24) is 10.2 Å². The average Bonchev–Trinajstić information content (AvgIpc) is 2.69. The lowest BCUT2D eigenvalue weighted by atomic mass is 9.99. The Morgan fingerprint density at radius 2 is 1.95 bits per heavy atom. The summed E-state index contributed by atoms with van der Waals surface area (Å²) in [6.07, 6.45) is 0.111. The first-order chi connectivity index (χ1) is 9.22. The summed E-state index contributed by atoms with van der Waals surface area (Å²) in [6.45, 7) is 7.99. The molecule has 6 heteroatoms. The Hall–Kier alpha value is -1.59. The molecule has 0 aromatic rings. The van der Waals surface area contributed by atoms with Crippen LogP contribution in [0, 0.1) is 11.8 Å². The molecule has 0 saturated carbocycles. The number of aliphatic carboxylic acids is 1. The van der Waals surface area contributed by atoms with E-state index in [1.807, 2.05) is 27.7 Å². The Labute approximate surface area is 119 Å². The van der Waals surface area contributed by atoms with E-state index in [-0.39, 0.29) is 42.5 Å². The number of carbonyl (C=O) groups excluding carboxylic acids is 2. The van der Waals surface area contributed by atoms with E-state index in [4.69, 9.17) is 5.11 Å². The molecule has 2 atom stereocenters. The molecule has 1 fully saturated rings. The molecular weight excluding hydrogens is 260 g/mol. The highest BCUT2D eigenvalue weighted by Gasteiger charge is 2.36. The predicted octanol–water partition coefficient (Wildman–Crippen LogP) is 0.859. The van der Waals surface area contributed by atoms with E-state index in [2.05, 4.69) is 5.32 Å². The molecule has 1 rings (SSSR count). The quantitative estimate of drug-likeness (QED) is 0.757. The largest absolute Gasteiger partial charge is 0.481 e. The minimum absolute atomic E-state index is 0.0144. The van der Waals surface area contributed by atoms with Crippen molar-refractivity contribution in [2.24, 2.45) is 11.8 Å². The van der Waals surface area contributed by atoms with Crippen molar-refractivity contribution < 1.29 is 19.5 Å². The fourth-order valence-corrected chi connectivity index (χ4v) is 2.35. The summed E-state index contributed by atoms with van der Waals surface area (Å²) in [5, 5.41) is 11.6. The summed E-state index contributed by atoms with van der Waals surface area (Å²) >= 11 is 0. The second-order valence-corrected chi connectivity index (χ2v) is 6.00. The van der Waals surface area contributed by atoms with Crippen LogP contribution in [0.1, 0.15) is 40.5 Å². The normalized spacial score (nSPS) is 20.6. The number of hydrogen-bond acceptors (Lipinski definition) is 3. The first-order valence-corrected chi connectivity index (χ1v) is 7.04. The zero-order valence-corrected chi connectivity index (χ0v) is 12.5. The van der Waals surface area contributed by atoms with E-state index >= 15 is 0 Å². The van der Waals surface area contributed by atoms with Gasteiger partial charge >= 0.3 is 5.97 Å². The van der Waals surface area contributed by atoms with Gasteiger partial charge in [0.05, 0.1) is 12.3 Å². The van der Waals surface area contributed by atoms with Crippen molar-refractivity contribution in [2.45, 2.75) is 52.6 Å². The Morgan fingerprint density at radius 1 is 1.35 bits per heavy atom. The van der Waals surface area contributed by atoms with Gasteiger partial charge in [-0.2, -0.15) is 0 Å². The highest BCUT2D eigenvalue weighted by Crippen LogP contribution is 2.21. The molecule has 0 spiro atoms. The molecule has 0 radical (unpaired) electrons. The van der Waals surface area contributed by atoms with E-state index < -0.39 is 12.0 Å². The second kappa shape index (κ2) is 6.72. The lowest BCUT2D eigenvalue weighted by Crippen LogP contribution is -2.44. The summed E-state index contributed by atoms with van der Waals surface area (Å²) in [4.78, 5) is 36.4. The molecule has 2 amide bonds. The Bertz CT molecular complexity index is 393. The topological polar surface area (TPSA) is 86.7 Å². The van der Waals surface area contributed by atoms with Gasteiger partial charge in [-0.25, -0.2) is 0 Å². The molecule has 1 heterocycles. The van der Waals surface area contributed by atoms with E-state index in [1.165, 1.54) is 0 Å². The first-order valence-electron chi connectivity index (χ1n) is 7.04. The second-order valence-electron chi connectivity index (χ2n) is 6.00. The van der Waals surface area contributed by atoms with Crippen LogP contribution in [-0.2, 0) is 14.4 Å². The number of rotatable bonds is 6. The highest BCUT2D eigenvalue weighted by atomic mass is 16.4. The van der Waals surface area contributed by atoms with Gasteiger partial charge in [0.2, 0.25) is 11.8 Å². The van der Waals surface area contributed by atoms with Crippen molar-refractivity contribution in [1.29, 1.82) is 0 Å². The Kier molecular flexibility index (Phi) is 5.53. The number of nitrogens with zero attached hydrogens (tertiary/aromatic N) is 1. The van der Waals surface area contributed by atoms with Gasteiger partial charge in [-0.3, -0.25) is 14.4 Å². The van der Waals surface area contributed by atoms with Crippen molar-refractivity contribution in [3.05, 3.63) is 0 Å². The number of carbonyl (C=O) groups is 3. The van der Waals surface area contributed by atoms with Crippen molar-refractivity contribution in [3.8, 4) is 0 Å². The van der Waals surface area contributed by atoms with Crippen LogP contribution in [0.5, 0.6) is 0 Å². The summed E-state index contributed by atoms with van der Waals surface area (Å²) in [5.41, 5.74) is 0. The molecule has 0 aromatic heterocycles. The molecule has 2 N–H and O–H groups in total. The number of likely N-dealkylation sites (tertiary alicyclic amines) is 1. The summed E-state index contributed by atoms with van der Waals surface area (Å²) in [6, 6.07) is -0.316. The van der Waals surface area contributed by atoms with Gasteiger partial charge < -0.3 is 15.3 Å². The molecule has 1 aliphatic rings. The van der Waals surface area contributed by atoms with Crippen LogP contribution >= 0.6 is 0 Å². The first kappa shape index (κ1) is 16.5. The third-order valence-corrected chi connectivity index (χ3v) is 3.68. The van der Waals surface area contributed by atoms with E-state index in [0.29, 0.717) is 6.54 Å². The summed E-state index contributed by atoms with van der Waals surface area (Å²) in [5.74, 6) is -1.51. The van der Waals surface area contributed by atoms with Crippen molar-refractivity contribution in [2.75, 3.05) is 6.54 Å². The minimum atomic E-state index is -0.935. The van der Waals surface area contributed by atoms with Gasteiger partial charge in [-0.05, 0) is 19.8 Å². The molecule has 1 saturated heterocycles. The zero-order chi connectivity index (χ0) is 15.4. The van der Waals surface area contributed by atoms with Crippen LogP contribution in [0.3, 0.4) is 0 Å². The Morgan fingerprint density at radius 3 is 2.35 bits per heavy atom. The fourth-order valence-electron chi connectivity index (χ4n) is 2.35. The molecule has 0 aromatic carbocycles. The maximum atomic E-state index is 12.2. The van der Waals surface area contributed by atoms with Gasteiger partial charge in [0.1, 0.15) is 0 Å². The number of carboxylic acid groups (broad SMARTS) is 1. The SMILES string of the molecule is CC(C)C(CC(=O)O)NC(=O)C1CC(=O)N(C(C)C)C1. The predicted molar refractivity (Wildman–Crippen MR) is 74.0 cm³/mol. The molecule has 0 aliphatic carbocycles. The standard InChI is InChI=1S/C14H24N2O4/c1-8(2)11(6-13(18)19)15-14(20)10-5-12(17)16(7-10)9(3)4/h8-11H,5-7H2,1-4H3,(H,15,20)(H,18,19). The van der Waals surface area contributed by atoms with Crippen LogP contribution in [0.25, 0.3) is 0 Å². The van der Waals surface area contributed by atoms with E-state index in [9.17, 15) is 14.4 Å². The lowest BCUT2D eigenvalue weighted by molar-refractivity contribution is -0.138. The van der Waals surface area contributed by atoms with Crippen LogP contribution in [0.15, 0.2) is 0 Å². The average molecular weight is 284 g/mol. The highest BCUT2D eigenvalue weighted by molar-refractivity contribution is 5.89. The zero-order valence-electron chi connectivity index (χ0n) is 12.5. The molecule has 114 valence electrons.